The van der Waals surface area contributed by atoms with Gasteiger partial charge in [0.25, 0.3) is 11.4 Å². The molecule has 1 aromatic rings. The summed E-state index contributed by atoms with van der Waals surface area (Å²) in [5, 5.41) is 34.8. The van der Waals surface area contributed by atoms with Gasteiger partial charge in [-0.25, -0.2) is 4.79 Å². The van der Waals surface area contributed by atoms with E-state index in [0.29, 0.717) is 6.42 Å². The number of ether oxygens (including phenoxy) is 1. The Morgan fingerprint density at radius 3 is 2.54 bits per heavy atom. The summed E-state index contributed by atoms with van der Waals surface area (Å²) in [4.78, 5) is 32.5. The maximum Gasteiger partial charge on any atom is 0.340 e. The highest BCUT2D eigenvalue weighted by Crippen LogP contribution is 2.35. The summed E-state index contributed by atoms with van der Waals surface area (Å²) in [5.41, 5.74) is -1.59. The number of nitro benzene ring substituents is 2. The Bertz CT molecular complexity index is 677. The Morgan fingerprint density at radius 2 is 2.04 bits per heavy atom. The molecule has 1 aliphatic carbocycles. The van der Waals surface area contributed by atoms with Gasteiger partial charge in [-0.1, -0.05) is 6.42 Å². The number of nitro groups is 2. The SMILES string of the molecule is COC(=O)c1cc([N+](=O)[O-])cc([N+](=O)[O-])c1NC[C@@H]1CCC[C@@H]1O. The molecule has 0 heterocycles. The molecule has 10 nitrogen and oxygen atoms in total. The molecule has 0 spiro atoms. The first-order valence-electron chi connectivity index (χ1n) is 7.32. The summed E-state index contributed by atoms with van der Waals surface area (Å²) in [6.45, 7) is 0.212. The van der Waals surface area contributed by atoms with Crippen LogP contribution in [-0.4, -0.2) is 40.7 Å². The Kier molecular flexibility index (Phi) is 5.29. The van der Waals surface area contributed by atoms with Crippen LogP contribution in [0.2, 0.25) is 0 Å². The molecular formula is C14H17N3O7. The van der Waals surface area contributed by atoms with Gasteiger partial charge in [0.2, 0.25) is 0 Å². The number of nitrogens with one attached hydrogen (secondary N) is 1. The second kappa shape index (κ2) is 7.21. The molecule has 10 heteroatoms. The maximum absolute atomic E-state index is 11.9. The van der Waals surface area contributed by atoms with Crippen molar-refractivity contribution in [2.75, 3.05) is 19.0 Å². The van der Waals surface area contributed by atoms with E-state index in [0.717, 1.165) is 32.1 Å². The molecule has 0 amide bonds. The predicted molar refractivity (Wildman–Crippen MR) is 82.9 cm³/mol. The first-order chi connectivity index (χ1) is 11.3. The molecule has 1 fully saturated rings. The van der Waals surface area contributed by atoms with E-state index in [1.807, 2.05) is 0 Å². The fourth-order valence-corrected chi connectivity index (χ4v) is 2.81. The van der Waals surface area contributed by atoms with Gasteiger partial charge in [-0.15, -0.1) is 0 Å². The lowest BCUT2D eigenvalue weighted by molar-refractivity contribution is -0.393. The third kappa shape index (κ3) is 3.59. The second-order valence-electron chi connectivity index (χ2n) is 5.53. The van der Waals surface area contributed by atoms with E-state index in [2.05, 4.69) is 10.1 Å². The normalized spacial score (nSPS) is 19.8. The van der Waals surface area contributed by atoms with Crippen molar-refractivity contribution >= 4 is 23.0 Å². The first-order valence-corrected chi connectivity index (χ1v) is 7.32. The van der Waals surface area contributed by atoms with Crippen LogP contribution in [0.25, 0.3) is 0 Å². The molecule has 1 aliphatic rings. The second-order valence-corrected chi connectivity index (χ2v) is 5.53. The van der Waals surface area contributed by atoms with E-state index < -0.39 is 33.3 Å². The zero-order valence-electron chi connectivity index (χ0n) is 12.9. The molecule has 0 aromatic heterocycles. The molecular weight excluding hydrogens is 322 g/mol. The molecule has 24 heavy (non-hydrogen) atoms. The monoisotopic (exact) mass is 339 g/mol. The van der Waals surface area contributed by atoms with Gasteiger partial charge in [0.15, 0.2) is 0 Å². The van der Waals surface area contributed by atoms with Crippen LogP contribution in [0.5, 0.6) is 0 Å². The number of hydrogen-bond acceptors (Lipinski definition) is 8. The zero-order valence-corrected chi connectivity index (χ0v) is 12.9. The Morgan fingerprint density at radius 1 is 1.33 bits per heavy atom. The van der Waals surface area contributed by atoms with E-state index in [1.165, 1.54) is 0 Å². The van der Waals surface area contributed by atoms with E-state index >= 15 is 0 Å². The summed E-state index contributed by atoms with van der Waals surface area (Å²) in [6, 6.07) is 1.73. The minimum atomic E-state index is -0.920. The Balaban J connectivity index is 2.43. The van der Waals surface area contributed by atoms with E-state index in [9.17, 15) is 30.1 Å². The Labute approximate surface area is 136 Å². The van der Waals surface area contributed by atoms with Crippen molar-refractivity contribution in [1.82, 2.24) is 0 Å². The minimum absolute atomic E-state index is 0.106. The third-order valence-electron chi connectivity index (χ3n) is 4.08. The van der Waals surface area contributed by atoms with Gasteiger partial charge >= 0.3 is 5.97 Å². The number of carbonyl (C=O) groups is 1. The lowest BCUT2D eigenvalue weighted by Crippen LogP contribution is -2.23. The molecule has 1 aromatic carbocycles. The lowest BCUT2D eigenvalue weighted by atomic mass is 10.0. The van der Waals surface area contributed by atoms with Crippen LogP contribution < -0.4 is 5.32 Å². The number of hydrogen-bond donors (Lipinski definition) is 2. The van der Waals surface area contributed by atoms with Crippen molar-refractivity contribution in [2.24, 2.45) is 5.92 Å². The number of aliphatic hydroxyl groups is 1. The van der Waals surface area contributed by atoms with Crippen LogP contribution in [0.3, 0.4) is 0 Å². The minimum Gasteiger partial charge on any atom is -0.465 e. The van der Waals surface area contributed by atoms with Crippen molar-refractivity contribution in [3.8, 4) is 0 Å². The number of methoxy groups -OCH3 is 1. The number of non-ortho nitro benzene ring substituents is 1. The first kappa shape index (κ1) is 17.6. The summed E-state index contributed by atoms with van der Waals surface area (Å²) in [5.74, 6) is -1.03. The van der Waals surface area contributed by atoms with Crippen molar-refractivity contribution < 1.29 is 24.5 Å². The molecule has 0 saturated heterocycles. The zero-order chi connectivity index (χ0) is 17.9. The highest BCUT2D eigenvalue weighted by atomic mass is 16.6. The van der Waals surface area contributed by atoms with Crippen molar-refractivity contribution in [3.05, 3.63) is 37.9 Å². The van der Waals surface area contributed by atoms with Gasteiger partial charge in [0.1, 0.15) is 5.69 Å². The van der Waals surface area contributed by atoms with Gasteiger partial charge in [-0.2, -0.15) is 0 Å². The number of esters is 1. The lowest BCUT2D eigenvalue weighted by Gasteiger charge is -2.17. The standard InChI is InChI=1S/C14H17N3O7/c1-24-14(19)10-5-9(16(20)21)6-11(17(22)23)13(10)15-7-8-3-2-4-12(8)18/h5-6,8,12,15,18H,2-4,7H2,1H3/t8-,12-/m0/s1. The van der Waals surface area contributed by atoms with Crippen LogP contribution in [0.1, 0.15) is 29.6 Å². The van der Waals surface area contributed by atoms with Crippen LogP contribution in [-0.2, 0) is 4.74 Å². The van der Waals surface area contributed by atoms with Crippen molar-refractivity contribution in [1.29, 1.82) is 0 Å². The van der Waals surface area contributed by atoms with Crippen molar-refractivity contribution in [3.63, 3.8) is 0 Å². The largest absolute Gasteiger partial charge is 0.465 e. The quantitative estimate of drug-likeness (QED) is 0.454. The third-order valence-corrected chi connectivity index (χ3v) is 4.08. The fourth-order valence-electron chi connectivity index (χ4n) is 2.81. The van der Waals surface area contributed by atoms with Crippen LogP contribution in [0.4, 0.5) is 17.1 Å². The highest BCUT2D eigenvalue weighted by molar-refractivity contribution is 5.99. The number of rotatable bonds is 6. The topological polar surface area (TPSA) is 145 Å². The molecule has 2 rings (SSSR count). The number of benzene rings is 1. The average Bonchev–Trinajstić information content (AvgIpc) is 2.96. The summed E-state index contributed by atoms with van der Waals surface area (Å²) < 4.78 is 4.57. The van der Waals surface area contributed by atoms with Crippen LogP contribution >= 0.6 is 0 Å². The van der Waals surface area contributed by atoms with E-state index in [-0.39, 0.29) is 23.7 Å². The summed E-state index contributed by atoms with van der Waals surface area (Å²) in [7, 11) is 1.08. The summed E-state index contributed by atoms with van der Waals surface area (Å²) >= 11 is 0. The molecule has 0 aliphatic heterocycles. The Hall–Kier alpha value is -2.75. The van der Waals surface area contributed by atoms with Gasteiger partial charge in [-0.3, -0.25) is 20.2 Å². The maximum atomic E-state index is 11.9. The molecule has 0 radical (unpaired) electrons. The van der Waals surface area contributed by atoms with E-state index in [1.54, 1.807) is 0 Å². The molecule has 130 valence electrons. The number of carbonyl (C=O) groups excluding carboxylic acids is 1. The molecule has 0 unspecified atom stereocenters. The van der Waals surface area contributed by atoms with Gasteiger partial charge in [-0.05, 0) is 12.8 Å². The van der Waals surface area contributed by atoms with E-state index in [4.69, 9.17) is 0 Å². The van der Waals surface area contributed by atoms with Gasteiger partial charge in [0.05, 0.1) is 34.7 Å². The molecule has 1 saturated carbocycles. The van der Waals surface area contributed by atoms with Crippen molar-refractivity contribution in [2.45, 2.75) is 25.4 Å². The number of anilines is 1. The van der Waals surface area contributed by atoms with Gasteiger partial charge in [0, 0.05) is 18.5 Å². The molecule has 0 bridgehead atoms. The fraction of sp³-hybridized carbons (Fsp3) is 0.500. The average molecular weight is 339 g/mol. The number of aliphatic hydroxyl groups excluding tert-OH is 1. The van der Waals surface area contributed by atoms with Crippen LogP contribution in [0, 0.1) is 26.1 Å². The highest BCUT2D eigenvalue weighted by Gasteiger charge is 2.30. The smallest absolute Gasteiger partial charge is 0.340 e. The number of nitrogens with zero attached hydrogens (tertiary/aromatic N) is 2. The molecule has 2 N–H and O–H groups in total. The summed E-state index contributed by atoms with van der Waals surface area (Å²) in [6.07, 6.45) is 1.73. The predicted octanol–water partition coefficient (Wildman–Crippen LogP) is 1.86. The van der Waals surface area contributed by atoms with Crippen LogP contribution in [0.15, 0.2) is 12.1 Å². The molecule has 2 atom stereocenters. The van der Waals surface area contributed by atoms with Gasteiger partial charge < -0.3 is 15.2 Å².